The Balaban J connectivity index is 1.50. The molecule has 1 saturated heterocycles. The van der Waals surface area contributed by atoms with Gasteiger partial charge in [0.15, 0.2) is 0 Å². The standard InChI is InChI=1S/C16H28N2O3/c19-10-7-18(6-5-17-8-11-21-12-9-17)16(20)15-13-3-1-2-4-14(13)15/h13-15,19H,1-12H2. The molecule has 0 aromatic carbocycles. The van der Waals surface area contributed by atoms with Crippen molar-refractivity contribution >= 4 is 5.91 Å². The monoisotopic (exact) mass is 296 g/mol. The lowest BCUT2D eigenvalue weighted by Gasteiger charge is -2.30. The second-order valence-electron chi connectivity index (χ2n) is 6.64. The van der Waals surface area contributed by atoms with Crippen molar-refractivity contribution in [1.82, 2.24) is 9.80 Å². The molecule has 21 heavy (non-hydrogen) atoms. The summed E-state index contributed by atoms with van der Waals surface area (Å²) in [6.07, 6.45) is 5.05. The molecule has 1 heterocycles. The Morgan fingerprint density at radius 3 is 2.43 bits per heavy atom. The second kappa shape index (κ2) is 7.07. The minimum atomic E-state index is 0.0664. The van der Waals surface area contributed by atoms with Gasteiger partial charge in [-0.1, -0.05) is 12.8 Å². The minimum Gasteiger partial charge on any atom is -0.395 e. The molecule has 2 saturated carbocycles. The van der Waals surface area contributed by atoms with Crippen molar-refractivity contribution < 1.29 is 14.6 Å². The largest absolute Gasteiger partial charge is 0.395 e. The van der Waals surface area contributed by atoms with Crippen molar-refractivity contribution in [3.8, 4) is 0 Å². The lowest BCUT2D eigenvalue weighted by molar-refractivity contribution is -0.134. The molecule has 1 aliphatic heterocycles. The summed E-state index contributed by atoms with van der Waals surface area (Å²) in [5, 5.41) is 9.26. The molecule has 2 unspecified atom stereocenters. The first-order chi connectivity index (χ1) is 10.3. The zero-order valence-electron chi connectivity index (χ0n) is 12.9. The number of aliphatic hydroxyl groups excluding tert-OH is 1. The number of nitrogens with zero attached hydrogens (tertiary/aromatic N) is 2. The Bertz CT molecular complexity index is 345. The molecule has 5 heteroatoms. The van der Waals surface area contributed by atoms with E-state index in [1.807, 2.05) is 4.90 Å². The van der Waals surface area contributed by atoms with E-state index in [9.17, 15) is 9.90 Å². The average Bonchev–Trinajstić information content (AvgIpc) is 3.26. The summed E-state index contributed by atoms with van der Waals surface area (Å²) in [7, 11) is 0. The van der Waals surface area contributed by atoms with E-state index in [1.54, 1.807) is 0 Å². The highest BCUT2D eigenvalue weighted by molar-refractivity contribution is 5.82. The molecule has 1 N–H and O–H groups in total. The van der Waals surface area contributed by atoms with Crippen LogP contribution in [-0.2, 0) is 9.53 Å². The number of aliphatic hydroxyl groups is 1. The molecule has 0 aromatic heterocycles. The topological polar surface area (TPSA) is 53.0 Å². The maximum absolute atomic E-state index is 12.7. The summed E-state index contributed by atoms with van der Waals surface area (Å²) in [4.78, 5) is 17.0. The molecule has 3 rings (SSSR count). The number of carbonyl (C=O) groups is 1. The highest BCUT2D eigenvalue weighted by atomic mass is 16.5. The fourth-order valence-electron chi connectivity index (χ4n) is 4.11. The van der Waals surface area contributed by atoms with Gasteiger partial charge in [0.25, 0.3) is 0 Å². The van der Waals surface area contributed by atoms with E-state index in [-0.39, 0.29) is 12.5 Å². The Labute approximate surface area is 127 Å². The van der Waals surface area contributed by atoms with Crippen molar-refractivity contribution in [3.05, 3.63) is 0 Å². The summed E-state index contributed by atoms with van der Waals surface area (Å²) in [6, 6.07) is 0. The number of morpholine rings is 1. The third kappa shape index (κ3) is 3.58. The molecular weight excluding hydrogens is 268 g/mol. The van der Waals surface area contributed by atoms with Gasteiger partial charge in [-0.3, -0.25) is 9.69 Å². The highest BCUT2D eigenvalue weighted by Crippen LogP contribution is 2.56. The molecule has 0 spiro atoms. The summed E-state index contributed by atoms with van der Waals surface area (Å²) in [5.74, 6) is 1.87. The Hall–Kier alpha value is -0.650. The molecule has 3 fully saturated rings. The number of hydrogen-bond acceptors (Lipinski definition) is 4. The van der Waals surface area contributed by atoms with Gasteiger partial charge in [0, 0.05) is 38.6 Å². The third-order valence-corrected chi connectivity index (χ3v) is 5.41. The van der Waals surface area contributed by atoms with E-state index >= 15 is 0 Å². The van der Waals surface area contributed by atoms with Crippen molar-refractivity contribution in [3.63, 3.8) is 0 Å². The molecule has 5 nitrogen and oxygen atoms in total. The first kappa shape index (κ1) is 15.3. The van der Waals surface area contributed by atoms with Gasteiger partial charge in [0.2, 0.25) is 5.91 Å². The van der Waals surface area contributed by atoms with Gasteiger partial charge in [-0.2, -0.15) is 0 Å². The van der Waals surface area contributed by atoms with Crippen LogP contribution >= 0.6 is 0 Å². The maximum atomic E-state index is 12.7. The minimum absolute atomic E-state index is 0.0664. The smallest absolute Gasteiger partial charge is 0.226 e. The predicted molar refractivity (Wildman–Crippen MR) is 79.9 cm³/mol. The lowest BCUT2D eigenvalue weighted by Crippen LogP contribution is -2.44. The Kier molecular flexibility index (Phi) is 5.14. The number of ether oxygens (including phenoxy) is 1. The van der Waals surface area contributed by atoms with E-state index < -0.39 is 0 Å². The first-order valence-corrected chi connectivity index (χ1v) is 8.51. The van der Waals surface area contributed by atoms with E-state index in [1.165, 1.54) is 25.7 Å². The van der Waals surface area contributed by atoms with Crippen LogP contribution in [0.2, 0.25) is 0 Å². The van der Waals surface area contributed by atoms with Gasteiger partial charge in [0.1, 0.15) is 0 Å². The van der Waals surface area contributed by atoms with Crippen LogP contribution in [-0.4, -0.2) is 73.4 Å². The molecule has 0 radical (unpaired) electrons. The van der Waals surface area contributed by atoms with Crippen LogP contribution in [0.4, 0.5) is 0 Å². The normalized spacial score (nSPS) is 32.5. The van der Waals surface area contributed by atoms with Crippen molar-refractivity contribution in [2.24, 2.45) is 17.8 Å². The van der Waals surface area contributed by atoms with E-state index in [2.05, 4.69) is 4.90 Å². The van der Waals surface area contributed by atoms with Crippen molar-refractivity contribution in [2.75, 3.05) is 52.5 Å². The molecule has 3 aliphatic rings. The van der Waals surface area contributed by atoms with Gasteiger partial charge in [-0.15, -0.1) is 0 Å². The van der Waals surface area contributed by atoms with Gasteiger partial charge in [-0.05, 0) is 24.7 Å². The molecule has 2 aliphatic carbocycles. The molecule has 1 amide bonds. The summed E-state index contributed by atoms with van der Waals surface area (Å²) >= 11 is 0. The maximum Gasteiger partial charge on any atom is 0.226 e. The zero-order valence-corrected chi connectivity index (χ0v) is 12.9. The molecule has 2 atom stereocenters. The molecule has 0 bridgehead atoms. The van der Waals surface area contributed by atoms with Gasteiger partial charge in [0.05, 0.1) is 19.8 Å². The first-order valence-electron chi connectivity index (χ1n) is 8.51. The third-order valence-electron chi connectivity index (χ3n) is 5.41. The van der Waals surface area contributed by atoms with Gasteiger partial charge < -0.3 is 14.7 Å². The molecular formula is C16H28N2O3. The molecule has 0 aromatic rings. The Morgan fingerprint density at radius 2 is 1.81 bits per heavy atom. The zero-order chi connectivity index (χ0) is 14.7. The molecule has 120 valence electrons. The van der Waals surface area contributed by atoms with E-state index in [4.69, 9.17) is 4.74 Å². The van der Waals surface area contributed by atoms with Crippen LogP contribution in [0.1, 0.15) is 25.7 Å². The quantitative estimate of drug-likeness (QED) is 0.779. The fourth-order valence-corrected chi connectivity index (χ4v) is 4.11. The second-order valence-corrected chi connectivity index (χ2v) is 6.64. The number of amides is 1. The lowest BCUT2D eigenvalue weighted by atomic mass is 10.0. The highest BCUT2D eigenvalue weighted by Gasteiger charge is 2.55. The van der Waals surface area contributed by atoms with Gasteiger partial charge in [-0.25, -0.2) is 0 Å². The van der Waals surface area contributed by atoms with Gasteiger partial charge >= 0.3 is 0 Å². The van der Waals surface area contributed by atoms with Crippen LogP contribution in [0.25, 0.3) is 0 Å². The van der Waals surface area contributed by atoms with E-state index in [0.717, 1.165) is 39.4 Å². The Morgan fingerprint density at radius 1 is 1.14 bits per heavy atom. The average molecular weight is 296 g/mol. The SMILES string of the molecule is O=C(C1C2CCCCC21)N(CCO)CCN1CCOCC1. The van der Waals surface area contributed by atoms with Crippen molar-refractivity contribution in [1.29, 1.82) is 0 Å². The predicted octanol–water partition coefficient (Wildman–Crippen LogP) is 0.576. The fraction of sp³-hybridized carbons (Fsp3) is 0.938. The number of rotatable bonds is 6. The van der Waals surface area contributed by atoms with Crippen LogP contribution < -0.4 is 0 Å². The van der Waals surface area contributed by atoms with Crippen molar-refractivity contribution in [2.45, 2.75) is 25.7 Å². The van der Waals surface area contributed by atoms with Crippen LogP contribution in [0.15, 0.2) is 0 Å². The van der Waals surface area contributed by atoms with Crippen LogP contribution in [0.5, 0.6) is 0 Å². The number of fused-ring (bicyclic) bond motifs is 1. The van der Waals surface area contributed by atoms with E-state index in [0.29, 0.717) is 24.3 Å². The van der Waals surface area contributed by atoms with Crippen LogP contribution in [0, 0.1) is 17.8 Å². The summed E-state index contributed by atoms with van der Waals surface area (Å²) in [5.41, 5.74) is 0. The number of hydrogen-bond donors (Lipinski definition) is 1. The summed E-state index contributed by atoms with van der Waals surface area (Å²) < 4.78 is 5.35. The van der Waals surface area contributed by atoms with Crippen LogP contribution in [0.3, 0.4) is 0 Å². The summed E-state index contributed by atoms with van der Waals surface area (Å²) in [6.45, 7) is 5.69. The number of carbonyl (C=O) groups excluding carboxylic acids is 1.